The topological polar surface area (TPSA) is 91.4 Å². The molecule has 0 aliphatic carbocycles. The Kier molecular flexibility index (Phi) is 5.93. The van der Waals surface area contributed by atoms with Crippen LogP contribution in [0.5, 0.6) is 0 Å². The number of hydrogen-bond donors (Lipinski definition) is 3. The molecular formula is C18H21FN2O4. The van der Waals surface area contributed by atoms with Gasteiger partial charge in [0.15, 0.2) is 0 Å². The van der Waals surface area contributed by atoms with Crippen LogP contribution < -0.4 is 5.32 Å². The lowest BCUT2D eigenvalue weighted by molar-refractivity contribution is 0.0599. The van der Waals surface area contributed by atoms with Crippen molar-refractivity contribution < 1.29 is 23.8 Å². The molecule has 1 atom stereocenters. The summed E-state index contributed by atoms with van der Waals surface area (Å²) in [6.07, 6.45) is -0.429. The molecule has 25 heavy (non-hydrogen) atoms. The van der Waals surface area contributed by atoms with Gasteiger partial charge in [0, 0.05) is 12.2 Å². The first kappa shape index (κ1) is 18.7. The number of aromatic amines is 1. The van der Waals surface area contributed by atoms with E-state index in [4.69, 9.17) is 4.74 Å². The summed E-state index contributed by atoms with van der Waals surface area (Å²) in [6.45, 7) is 3.48. The summed E-state index contributed by atoms with van der Waals surface area (Å²) in [4.78, 5) is 27.2. The van der Waals surface area contributed by atoms with Crippen LogP contribution in [0.1, 0.15) is 50.7 Å². The molecule has 134 valence electrons. The minimum absolute atomic E-state index is 0.0437. The van der Waals surface area contributed by atoms with Crippen LogP contribution in [0, 0.1) is 12.7 Å². The van der Waals surface area contributed by atoms with Crippen LogP contribution in [0.3, 0.4) is 0 Å². The SMILES string of the molecule is CCc1[nH]c(C(=O)NCC(O)c2ccc(F)cc2)c(C)c1C(=O)OC. The molecule has 6 nitrogen and oxygen atoms in total. The highest BCUT2D eigenvalue weighted by Gasteiger charge is 2.23. The van der Waals surface area contributed by atoms with Gasteiger partial charge in [-0.25, -0.2) is 9.18 Å². The third-order valence-corrected chi connectivity index (χ3v) is 4.01. The van der Waals surface area contributed by atoms with Gasteiger partial charge >= 0.3 is 5.97 Å². The van der Waals surface area contributed by atoms with E-state index in [1.807, 2.05) is 6.92 Å². The van der Waals surface area contributed by atoms with Gasteiger partial charge in [-0.15, -0.1) is 0 Å². The van der Waals surface area contributed by atoms with Gasteiger partial charge in [-0.1, -0.05) is 19.1 Å². The molecule has 1 heterocycles. The lowest BCUT2D eigenvalue weighted by Crippen LogP contribution is -2.29. The third-order valence-electron chi connectivity index (χ3n) is 4.01. The molecule has 0 saturated heterocycles. The smallest absolute Gasteiger partial charge is 0.339 e. The van der Waals surface area contributed by atoms with Crippen molar-refractivity contribution in [3.8, 4) is 0 Å². The van der Waals surface area contributed by atoms with Gasteiger partial charge in [0.05, 0.1) is 18.8 Å². The highest BCUT2D eigenvalue weighted by molar-refractivity contribution is 6.00. The average Bonchev–Trinajstić information content (AvgIpc) is 2.95. The molecule has 2 aromatic rings. The molecule has 1 aromatic carbocycles. The van der Waals surface area contributed by atoms with Gasteiger partial charge < -0.3 is 20.1 Å². The molecule has 0 spiro atoms. The standard InChI is InChI=1S/C18H21FN2O4/c1-4-13-15(18(24)25-3)10(2)16(21-13)17(23)20-9-14(22)11-5-7-12(19)8-6-11/h5-8,14,21-22H,4,9H2,1-3H3,(H,20,23). The molecule has 0 saturated carbocycles. The van der Waals surface area contributed by atoms with Crippen molar-refractivity contribution in [1.82, 2.24) is 10.3 Å². The number of aliphatic hydroxyl groups is 1. The van der Waals surface area contributed by atoms with Crippen LogP contribution >= 0.6 is 0 Å². The maximum Gasteiger partial charge on any atom is 0.339 e. The van der Waals surface area contributed by atoms with E-state index in [1.54, 1.807) is 6.92 Å². The van der Waals surface area contributed by atoms with E-state index in [9.17, 15) is 19.1 Å². The number of halogens is 1. The molecule has 0 radical (unpaired) electrons. The highest BCUT2D eigenvalue weighted by atomic mass is 19.1. The first-order chi connectivity index (χ1) is 11.9. The molecule has 0 fully saturated rings. The summed E-state index contributed by atoms with van der Waals surface area (Å²) >= 11 is 0. The first-order valence-electron chi connectivity index (χ1n) is 7.90. The summed E-state index contributed by atoms with van der Waals surface area (Å²) in [5, 5.41) is 12.7. The Morgan fingerprint density at radius 2 is 1.96 bits per heavy atom. The van der Waals surface area contributed by atoms with Crippen LogP contribution in [0.25, 0.3) is 0 Å². The van der Waals surface area contributed by atoms with Gasteiger partial charge in [0.2, 0.25) is 0 Å². The number of ether oxygens (including phenoxy) is 1. The molecule has 1 aromatic heterocycles. The summed E-state index contributed by atoms with van der Waals surface area (Å²) in [6, 6.07) is 5.39. The van der Waals surface area contributed by atoms with Crippen molar-refractivity contribution in [3.63, 3.8) is 0 Å². The predicted molar refractivity (Wildman–Crippen MR) is 89.9 cm³/mol. The van der Waals surface area contributed by atoms with Crippen LogP contribution in [0.2, 0.25) is 0 Å². The second-order valence-electron chi connectivity index (χ2n) is 5.60. The molecule has 3 N–H and O–H groups in total. The van der Waals surface area contributed by atoms with E-state index in [1.165, 1.54) is 31.4 Å². The maximum atomic E-state index is 12.9. The van der Waals surface area contributed by atoms with Gasteiger partial charge in [-0.05, 0) is 36.6 Å². The molecule has 7 heteroatoms. The zero-order valence-electron chi connectivity index (χ0n) is 14.4. The minimum Gasteiger partial charge on any atom is -0.465 e. The Labute approximate surface area is 145 Å². The molecule has 1 amide bonds. The van der Waals surface area contributed by atoms with E-state index in [2.05, 4.69) is 10.3 Å². The number of hydrogen-bond acceptors (Lipinski definition) is 4. The zero-order valence-corrected chi connectivity index (χ0v) is 14.4. The van der Waals surface area contributed by atoms with Gasteiger partial charge in [0.1, 0.15) is 11.5 Å². The first-order valence-corrected chi connectivity index (χ1v) is 7.90. The number of carbonyl (C=O) groups is 2. The fourth-order valence-corrected chi connectivity index (χ4v) is 2.61. The summed E-state index contributed by atoms with van der Waals surface area (Å²) < 4.78 is 17.7. The van der Waals surface area contributed by atoms with Crippen molar-refractivity contribution in [2.24, 2.45) is 0 Å². The number of H-pyrrole nitrogens is 1. The van der Waals surface area contributed by atoms with Crippen LogP contribution in [0.15, 0.2) is 24.3 Å². The van der Waals surface area contributed by atoms with E-state index in [0.717, 1.165) is 0 Å². The fraction of sp³-hybridized carbons (Fsp3) is 0.333. The van der Waals surface area contributed by atoms with Gasteiger partial charge in [0.25, 0.3) is 5.91 Å². The summed E-state index contributed by atoms with van der Waals surface area (Å²) in [5.41, 5.74) is 2.22. The van der Waals surface area contributed by atoms with Crippen molar-refractivity contribution in [2.45, 2.75) is 26.4 Å². The average molecular weight is 348 g/mol. The Balaban J connectivity index is 2.12. The summed E-state index contributed by atoms with van der Waals surface area (Å²) in [7, 11) is 1.28. The van der Waals surface area contributed by atoms with E-state index >= 15 is 0 Å². The number of amides is 1. The molecule has 0 aliphatic rings. The molecule has 1 unspecified atom stereocenters. The van der Waals surface area contributed by atoms with Crippen LogP contribution in [-0.2, 0) is 11.2 Å². The second kappa shape index (κ2) is 7.94. The normalized spacial score (nSPS) is 11.9. The molecular weight excluding hydrogens is 327 g/mol. The number of benzene rings is 1. The minimum atomic E-state index is -0.967. The summed E-state index contributed by atoms with van der Waals surface area (Å²) in [5.74, 6) is -1.34. The van der Waals surface area contributed by atoms with Crippen molar-refractivity contribution in [3.05, 3.63) is 58.2 Å². The fourth-order valence-electron chi connectivity index (χ4n) is 2.61. The van der Waals surface area contributed by atoms with E-state index in [-0.39, 0.29) is 12.2 Å². The molecule has 0 aliphatic heterocycles. The maximum absolute atomic E-state index is 12.9. The Morgan fingerprint density at radius 1 is 1.32 bits per heavy atom. The van der Waals surface area contributed by atoms with Crippen molar-refractivity contribution >= 4 is 11.9 Å². The predicted octanol–water partition coefficient (Wildman–Crippen LogP) is 2.27. The van der Waals surface area contributed by atoms with Gasteiger partial charge in [-0.3, -0.25) is 4.79 Å². The highest BCUT2D eigenvalue weighted by Crippen LogP contribution is 2.20. The Bertz CT molecular complexity index is 768. The lowest BCUT2D eigenvalue weighted by atomic mass is 10.1. The Hall–Kier alpha value is -2.67. The largest absolute Gasteiger partial charge is 0.465 e. The molecule has 0 bridgehead atoms. The van der Waals surface area contributed by atoms with Crippen LogP contribution in [-0.4, -0.2) is 35.6 Å². The third kappa shape index (κ3) is 4.06. The number of aromatic nitrogens is 1. The monoisotopic (exact) mass is 348 g/mol. The van der Waals surface area contributed by atoms with Crippen molar-refractivity contribution in [1.29, 1.82) is 0 Å². The number of rotatable bonds is 6. The number of methoxy groups -OCH3 is 1. The number of carbonyl (C=O) groups excluding carboxylic acids is 2. The zero-order chi connectivity index (χ0) is 18.6. The second-order valence-corrected chi connectivity index (χ2v) is 5.60. The van der Waals surface area contributed by atoms with E-state index in [0.29, 0.717) is 28.8 Å². The van der Waals surface area contributed by atoms with E-state index < -0.39 is 23.8 Å². The van der Waals surface area contributed by atoms with Gasteiger partial charge in [-0.2, -0.15) is 0 Å². The Morgan fingerprint density at radius 3 is 2.52 bits per heavy atom. The molecule has 2 rings (SSSR count). The number of nitrogens with one attached hydrogen (secondary N) is 2. The number of esters is 1. The lowest BCUT2D eigenvalue weighted by Gasteiger charge is -2.12. The number of aliphatic hydroxyl groups excluding tert-OH is 1. The number of aryl methyl sites for hydroxylation is 1. The van der Waals surface area contributed by atoms with Crippen molar-refractivity contribution in [2.75, 3.05) is 13.7 Å². The van der Waals surface area contributed by atoms with Crippen LogP contribution in [0.4, 0.5) is 4.39 Å². The quantitative estimate of drug-likeness (QED) is 0.699.